The SMILES string of the molecule is CCCOc1ccc(CCC(=O)NCC(OC)C(=O)O)cc1. The van der Waals surface area contributed by atoms with Crippen LogP contribution < -0.4 is 10.1 Å². The standard InChI is InChI=1S/C16H23NO5/c1-3-10-22-13-7-4-12(5-8-13)6-9-15(18)17-11-14(21-2)16(19)20/h4-5,7-8,14H,3,6,9-11H2,1-2H3,(H,17,18)(H,19,20). The molecular weight excluding hydrogens is 286 g/mol. The normalized spacial score (nSPS) is 11.7. The van der Waals surface area contributed by atoms with Gasteiger partial charge < -0.3 is 19.9 Å². The zero-order valence-electron chi connectivity index (χ0n) is 13.0. The van der Waals surface area contributed by atoms with Crippen molar-refractivity contribution in [3.63, 3.8) is 0 Å². The minimum Gasteiger partial charge on any atom is -0.494 e. The van der Waals surface area contributed by atoms with Gasteiger partial charge in [0.1, 0.15) is 5.75 Å². The molecule has 0 fully saturated rings. The van der Waals surface area contributed by atoms with Crippen LogP contribution in [0.25, 0.3) is 0 Å². The van der Waals surface area contributed by atoms with E-state index in [-0.39, 0.29) is 12.5 Å². The Labute approximate surface area is 130 Å². The minimum atomic E-state index is -1.09. The number of hydrogen-bond donors (Lipinski definition) is 2. The number of amides is 1. The van der Waals surface area contributed by atoms with Gasteiger partial charge in [0.15, 0.2) is 6.10 Å². The summed E-state index contributed by atoms with van der Waals surface area (Å²) < 4.78 is 10.2. The van der Waals surface area contributed by atoms with Gasteiger partial charge in [-0.2, -0.15) is 0 Å². The zero-order valence-corrected chi connectivity index (χ0v) is 13.0. The van der Waals surface area contributed by atoms with Crippen molar-refractivity contribution in [2.24, 2.45) is 0 Å². The number of aryl methyl sites for hydroxylation is 1. The van der Waals surface area contributed by atoms with Crippen molar-refractivity contribution in [2.75, 3.05) is 20.3 Å². The van der Waals surface area contributed by atoms with Gasteiger partial charge in [-0.3, -0.25) is 4.79 Å². The predicted octanol–water partition coefficient (Wildman–Crippen LogP) is 1.62. The number of ether oxygens (including phenoxy) is 2. The van der Waals surface area contributed by atoms with Gasteiger partial charge in [-0.25, -0.2) is 4.79 Å². The van der Waals surface area contributed by atoms with Crippen LogP contribution in [0.15, 0.2) is 24.3 Å². The number of hydrogen-bond acceptors (Lipinski definition) is 4. The number of nitrogens with one attached hydrogen (secondary N) is 1. The average Bonchev–Trinajstić information content (AvgIpc) is 2.52. The van der Waals surface area contributed by atoms with Crippen LogP contribution in [0.1, 0.15) is 25.3 Å². The first-order valence-electron chi connectivity index (χ1n) is 7.30. The summed E-state index contributed by atoms with van der Waals surface area (Å²) in [4.78, 5) is 22.4. The van der Waals surface area contributed by atoms with E-state index >= 15 is 0 Å². The minimum absolute atomic E-state index is 0.0333. The number of carbonyl (C=O) groups is 2. The van der Waals surface area contributed by atoms with E-state index in [1.807, 2.05) is 31.2 Å². The molecule has 0 bridgehead atoms. The first-order chi connectivity index (χ1) is 10.6. The highest BCUT2D eigenvalue weighted by molar-refractivity contribution is 5.78. The smallest absolute Gasteiger partial charge is 0.334 e. The van der Waals surface area contributed by atoms with Gasteiger partial charge in [-0.05, 0) is 30.5 Å². The largest absolute Gasteiger partial charge is 0.494 e. The number of carboxylic acids is 1. The third kappa shape index (κ3) is 6.58. The quantitative estimate of drug-likeness (QED) is 0.686. The highest BCUT2D eigenvalue weighted by Gasteiger charge is 2.16. The van der Waals surface area contributed by atoms with Gasteiger partial charge in [0.25, 0.3) is 0 Å². The Bertz CT molecular complexity index is 472. The van der Waals surface area contributed by atoms with Gasteiger partial charge >= 0.3 is 5.97 Å². The molecular formula is C16H23NO5. The maximum atomic E-state index is 11.7. The molecule has 0 saturated carbocycles. The lowest BCUT2D eigenvalue weighted by Gasteiger charge is -2.11. The number of methoxy groups -OCH3 is 1. The summed E-state index contributed by atoms with van der Waals surface area (Å²) in [5.74, 6) is -0.473. The van der Waals surface area contributed by atoms with Crippen LogP contribution in [-0.2, 0) is 20.7 Å². The van der Waals surface area contributed by atoms with Crippen molar-refractivity contribution in [3.8, 4) is 5.75 Å². The maximum absolute atomic E-state index is 11.7. The number of benzene rings is 1. The van der Waals surface area contributed by atoms with Crippen molar-refractivity contribution >= 4 is 11.9 Å². The Morgan fingerprint density at radius 1 is 1.27 bits per heavy atom. The molecule has 0 heterocycles. The second-order valence-corrected chi connectivity index (χ2v) is 4.86. The van der Waals surface area contributed by atoms with E-state index in [2.05, 4.69) is 5.32 Å². The lowest BCUT2D eigenvalue weighted by molar-refractivity contribution is -0.148. The topological polar surface area (TPSA) is 84.9 Å². The lowest BCUT2D eigenvalue weighted by atomic mass is 10.1. The molecule has 1 unspecified atom stereocenters. The highest BCUT2D eigenvalue weighted by atomic mass is 16.5. The molecule has 0 saturated heterocycles. The van der Waals surface area contributed by atoms with E-state index in [0.717, 1.165) is 17.7 Å². The molecule has 122 valence electrons. The van der Waals surface area contributed by atoms with E-state index in [4.69, 9.17) is 14.6 Å². The third-order valence-corrected chi connectivity index (χ3v) is 3.08. The molecule has 1 aromatic rings. The molecule has 6 nitrogen and oxygen atoms in total. The van der Waals surface area contributed by atoms with Crippen molar-refractivity contribution in [3.05, 3.63) is 29.8 Å². The lowest BCUT2D eigenvalue weighted by Crippen LogP contribution is -2.37. The Morgan fingerprint density at radius 2 is 1.95 bits per heavy atom. The summed E-state index contributed by atoms with van der Waals surface area (Å²) in [6, 6.07) is 7.61. The van der Waals surface area contributed by atoms with Crippen molar-refractivity contribution in [1.82, 2.24) is 5.32 Å². The predicted molar refractivity (Wildman–Crippen MR) is 82.0 cm³/mol. The van der Waals surface area contributed by atoms with Gasteiger partial charge in [-0.15, -0.1) is 0 Å². The van der Waals surface area contributed by atoms with E-state index in [1.165, 1.54) is 7.11 Å². The fourth-order valence-corrected chi connectivity index (χ4v) is 1.80. The van der Waals surface area contributed by atoms with E-state index < -0.39 is 12.1 Å². The van der Waals surface area contributed by atoms with Crippen molar-refractivity contribution in [2.45, 2.75) is 32.3 Å². The fourth-order valence-electron chi connectivity index (χ4n) is 1.80. The Morgan fingerprint density at radius 3 is 2.50 bits per heavy atom. The highest BCUT2D eigenvalue weighted by Crippen LogP contribution is 2.13. The van der Waals surface area contributed by atoms with Crippen LogP contribution in [0, 0.1) is 0 Å². The second-order valence-electron chi connectivity index (χ2n) is 4.86. The van der Waals surface area contributed by atoms with Crippen LogP contribution in [0.4, 0.5) is 0 Å². The average molecular weight is 309 g/mol. The van der Waals surface area contributed by atoms with Crippen LogP contribution in [-0.4, -0.2) is 43.3 Å². The van der Waals surface area contributed by atoms with Gasteiger partial charge in [0, 0.05) is 13.5 Å². The molecule has 1 atom stereocenters. The molecule has 0 aromatic heterocycles. The summed E-state index contributed by atoms with van der Waals surface area (Å²) in [7, 11) is 1.30. The molecule has 0 aliphatic rings. The van der Waals surface area contributed by atoms with Crippen LogP contribution >= 0.6 is 0 Å². The molecule has 0 aliphatic carbocycles. The molecule has 0 spiro atoms. The second kappa shape index (κ2) is 9.78. The fraction of sp³-hybridized carbons (Fsp3) is 0.500. The van der Waals surface area contributed by atoms with E-state index in [1.54, 1.807) is 0 Å². The van der Waals surface area contributed by atoms with Gasteiger partial charge in [-0.1, -0.05) is 19.1 Å². The van der Waals surface area contributed by atoms with Crippen molar-refractivity contribution < 1.29 is 24.2 Å². The molecule has 2 N–H and O–H groups in total. The molecule has 0 radical (unpaired) electrons. The van der Waals surface area contributed by atoms with E-state index in [9.17, 15) is 9.59 Å². The third-order valence-electron chi connectivity index (χ3n) is 3.08. The number of aliphatic carboxylic acids is 1. The van der Waals surface area contributed by atoms with E-state index in [0.29, 0.717) is 19.4 Å². The molecule has 22 heavy (non-hydrogen) atoms. The van der Waals surface area contributed by atoms with Crippen LogP contribution in [0.2, 0.25) is 0 Å². The van der Waals surface area contributed by atoms with Crippen LogP contribution in [0.3, 0.4) is 0 Å². The molecule has 1 amide bonds. The first kappa shape index (κ1) is 18.0. The Hall–Kier alpha value is -2.08. The van der Waals surface area contributed by atoms with Gasteiger partial charge in [0.05, 0.1) is 13.2 Å². The monoisotopic (exact) mass is 309 g/mol. The molecule has 1 aromatic carbocycles. The summed E-state index contributed by atoms with van der Waals surface area (Å²) >= 11 is 0. The Kier molecular flexibility index (Phi) is 7.99. The molecule has 0 aliphatic heterocycles. The van der Waals surface area contributed by atoms with Crippen molar-refractivity contribution in [1.29, 1.82) is 0 Å². The zero-order chi connectivity index (χ0) is 16.4. The summed E-state index contributed by atoms with van der Waals surface area (Å²) in [5, 5.41) is 11.3. The summed E-state index contributed by atoms with van der Waals surface area (Å²) in [6.07, 6.45) is 0.829. The summed E-state index contributed by atoms with van der Waals surface area (Å²) in [6.45, 7) is 2.70. The first-order valence-corrected chi connectivity index (χ1v) is 7.30. The molecule has 1 rings (SSSR count). The molecule has 6 heteroatoms. The van der Waals surface area contributed by atoms with Gasteiger partial charge in [0.2, 0.25) is 5.91 Å². The number of carboxylic acid groups (broad SMARTS) is 1. The Balaban J connectivity index is 2.33. The summed E-state index contributed by atoms with van der Waals surface area (Å²) in [5.41, 5.74) is 1.03. The maximum Gasteiger partial charge on any atom is 0.334 e. The number of rotatable bonds is 10. The van der Waals surface area contributed by atoms with Crippen LogP contribution in [0.5, 0.6) is 5.75 Å². The number of carbonyl (C=O) groups excluding carboxylic acids is 1.